The van der Waals surface area contributed by atoms with Crippen LogP contribution in [-0.2, 0) is 15.2 Å². The van der Waals surface area contributed by atoms with Crippen LogP contribution in [0.1, 0.15) is 0 Å². The summed E-state index contributed by atoms with van der Waals surface area (Å²) >= 11 is 0. The Morgan fingerprint density at radius 1 is 1.30 bits per heavy atom. The predicted octanol–water partition coefficient (Wildman–Crippen LogP) is -0.557. The van der Waals surface area contributed by atoms with Gasteiger partial charge in [0.15, 0.2) is 6.61 Å². The molecule has 0 aliphatic heterocycles. The van der Waals surface area contributed by atoms with Crippen molar-refractivity contribution in [3.05, 3.63) is 0 Å². The number of thiol groups is 1. The quantitative estimate of drug-likeness (QED) is 0.448. The van der Waals surface area contributed by atoms with Gasteiger partial charge in [-0.3, -0.25) is 4.18 Å². The van der Waals surface area contributed by atoms with E-state index < -0.39 is 23.8 Å². The molecule has 0 saturated heterocycles. The van der Waals surface area contributed by atoms with Crippen molar-refractivity contribution in [2.24, 2.45) is 0 Å². The molecule has 0 bridgehead atoms. The zero-order chi connectivity index (χ0) is 7.49. The van der Waals surface area contributed by atoms with Gasteiger partial charge >= 0.3 is 25.0 Å². The maximum absolute atomic E-state index is 11.0. The zero-order valence-corrected chi connectivity index (χ0v) is 4.91. The van der Waals surface area contributed by atoms with E-state index in [0.717, 1.165) is 0 Å². The molecule has 0 amide bonds. The molecule has 0 fully saturated rings. The van der Waals surface area contributed by atoms with Crippen LogP contribution in [-0.4, -0.2) is 40.1 Å². The third-order valence-corrected chi connectivity index (χ3v) is 0.674. The van der Waals surface area contributed by atoms with Crippen molar-refractivity contribution in [1.29, 1.82) is 0 Å². The molecule has 8 heteroatoms. The van der Waals surface area contributed by atoms with Crippen LogP contribution in [0.15, 0.2) is 0 Å². The van der Waals surface area contributed by atoms with Gasteiger partial charge in [0.25, 0.3) is 11.0 Å². The summed E-state index contributed by atoms with van der Waals surface area (Å²) in [7, 11) is -3.38. The Bertz CT molecular complexity index is 144. The molecular formula is C2H4F3LiO3S. The van der Waals surface area contributed by atoms with Gasteiger partial charge in [-0.1, -0.05) is 0 Å². The number of hydrogen-bond donors (Lipinski definition) is 1. The van der Waals surface area contributed by atoms with E-state index in [2.05, 4.69) is 4.18 Å². The van der Waals surface area contributed by atoms with Crippen LogP contribution in [0.3, 0.4) is 0 Å². The van der Waals surface area contributed by atoms with Gasteiger partial charge in [-0.25, -0.2) is 8.42 Å². The topological polar surface area (TPSA) is 43.4 Å². The Hall–Kier alpha value is 0.297. The molecule has 0 heterocycles. The Morgan fingerprint density at radius 2 is 1.70 bits per heavy atom. The Balaban J connectivity index is 0. The number of alkyl halides is 3. The molecule has 0 aromatic carbocycles. The summed E-state index contributed by atoms with van der Waals surface area (Å²) in [5, 5.41) is 0. The molecule has 0 atom stereocenters. The second-order valence-corrected chi connectivity index (χ2v) is 1.82. The van der Waals surface area contributed by atoms with E-state index in [1.54, 1.807) is 0 Å². The van der Waals surface area contributed by atoms with Crippen molar-refractivity contribution in [2.75, 3.05) is 6.61 Å². The van der Waals surface area contributed by atoms with Crippen LogP contribution in [0, 0.1) is 0 Å². The molecular weight excluding hydrogens is 168 g/mol. The van der Waals surface area contributed by atoms with Gasteiger partial charge in [-0.05, 0) is 0 Å². The van der Waals surface area contributed by atoms with E-state index in [1.807, 2.05) is 0 Å². The molecule has 3 nitrogen and oxygen atoms in total. The normalized spacial score (nSPS) is 11.2. The van der Waals surface area contributed by atoms with E-state index in [0.29, 0.717) is 0 Å². The molecule has 0 aliphatic carbocycles. The monoisotopic (exact) mass is 172 g/mol. The van der Waals surface area contributed by atoms with Crippen LogP contribution in [0.4, 0.5) is 13.2 Å². The Morgan fingerprint density at radius 3 is 1.80 bits per heavy atom. The molecule has 0 aliphatic rings. The van der Waals surface area contributed by atoms with Gasteiger partial charge in [-0.2, -0.15) is 13.2 Å². The summed E-state index contributed by atoms with van der Waals surface area (Å²) in [4.78, 5) is 0. The first-order valence-electron chi connectivity index (χ1n) is 1.76. The molecule has 0 aromatic heterocycles. The average Bonchev–Trinajstić information content (AvgIpc) is 1.59. The molecule has 0 saturated carbocycles. The van der Waals surface area contributed by atoms with E-state index in [9.17, 15) is 21.6 Å². The fraction of sp³-hybridized carbons (Fsp3) is 1.00. The van der Waals surface area contributed by atoms with E-state index in [4.69, 9.17) is 0 Å². The molecule has 0 radical (unpaired) electrons. The van der Waals surface area contributed by atoms with Gasteiger partial charge in [0.2, 0.25) is 0 Å². The first kappa shape index (κ1) is 12.9. The molecule has 0 rings (SSSR count). The SMILES string of the molecule is O=[SH](=O)OCC(F)(F)F.[LiH]. The maximum atomic E-state index is 11.0. The number of hydrogen-bond acceptors (Lipinski definition) is 3. The Labute approximate surface area is 68.9 Å². The summed E-state index contributed by atoms with van der Waals surface area (Å²) in [5.74, 6) is 0. The predicted molar refractivity (Wildman–Crippen MR) is 29.5 cm³/mol. The van der Waals surface area contributed by atoms with E-state index in [-0.39, 0.29) is 18.9 Å². The van der Waals surface area contributed by atoms with Crippen molar-refractivity contribution in [1.82, 2.24) is 0 Å². The van der Waals surface area contributed by atoms with Crippen LogP contribution in [0.2, 0.25) is 0 Å². The van der Waals surface area contributed by atoms with Crippen molar-refractivity contribution in [3.8, 4) is 0 Å². The second kappa shape index (κ2) is 5.02. The van der Waals surface area contributed by atoms with Gasteiger partial charge < -0.3 is 0 Å². The van der Waals surface area contributed by atoms with Crippen LogP contribution >= 0.6 is 0 Å². The summed E-state index contributed by atoms with van der Waals surface area (Å²) in [6.07, 6.45) is -4.57. The minimum atomic E-state index is -4.57. The average molecular weight is 172 g/mol. The van der Waals surface area contributed by atoms with Gasteiger partial charge in [0, 0.05) is 0 Å². The van der Waals surface area contributed by atoms with Crippen molar-refractivity contribution < 1.29 is 25.8 Å². The zero-order valence-electron chi connectivity index (χ0n) is 4.01. The number of rotatable bonds is 2. The summed E-state index contributed by atoms with van der Waals surface area (Å²) in [5.41, 5.74) is 0. The van der Waals surface area contributed by atoms with Gasteiger partial charge in [0.1, 0.15) is 0 Å². The van der Waals surface area contributed by atoms with Crippen LogP contribution in [0.25, 0.3) is 0 Å². The van der Waals surface area contributed by atoms with E-state index >= 15 is 0 Å². The number of halogens is 3. The molecule has 10 heavy (non-hydrogen) atoms. The van der Waals surface area contributed by atoms with Gasteiger partial charge in [0.05, 0.1) is 0 Å². The van der Waals surface area contributed by atoms with Gasteiger partial charge in [-0.15, -0.1) is 0 Å². The first-order chi connectivity index (χ1) is 3.92. The summed E-state index contributed by atoms with van der Waals surface area (Å²) in [6.45, 7) is -1.74. The fourth-order valence-electron chi connectivity index (χ4n) is 0.126. The molecule has 0 unspecified atom stereocenters. The summed E-state index contributed by atoms with van der Waals surface area (Å²) < 4.78 is 55.0. The molecule has 0 spiro atoms. The standard InChI is InChI=1S/C2H3F3O3S.Li.H/c3-2(4,5)1-8-9(6)7;;/h9H,1H2;;. The third kappa shape index (κ3) is 11.1. The fourth-order valence-corrected chi connectivity index (χ4v) is 0.378. The minimum absolute atomic E-state index is 0. The van der Waals surface area contributed by atoms with Crippen molar-refractivity contribution in [3.63, 3.8) is 0 Å². The van der Waals surface area contributed by atoms with Crippen molar-refractivity contribution >= 4 is 29.8 Å². The van der Waals surface area contributed by atoms with Crippen LogP contribution in [0.5, 0.6) is 0 Å². The van der Waals surface area contributed by atoms with E-state index in [1.165, 1.54) is 0 Å². The van der Waals surface area contributed by atoms with Crippen LogP contribution < -0.4 is 0 Å². The third-order valence-electron chi connectivity index (χ3n) is 0.334. The molecule has 0 aromatic rings. The molecule has 0 N–H and O–H groups in total. The summed E-state index contributed by atoms with van der Waals surface area (Å²) in [6, 6.07) is 0. The molecule has 58 valence electrons. The Kier molecular flexibility index (Phi) is 6.48. The van der Waals surface area contributed by atoms with Crippen molar-refractivity contribution in [2.45, 2.75) is 6.18 Å². The second-order valence-electron chi connectivity index (χ2n) is 1.11. The first-order valence-corrected chi connectivity index (χ1v) is 2.85.